The van der Waals surface area contributed by atoms with Gasteiger partial charge in [0.2, 0.25) is 6.08 Å². The molecular formula is C9H6ClNO2. The van der Waals surface area contributed by atoms with E-state index in [1.165, 1.54) is 6.08 Å². The Morgan fingerprint density at radius 2 is 2.00 bits per heavy atom. The van der Waals surface area contributed by atoms with E-state index < -0.39 is 0 Å². The highest BCUT2D eigenvalue weighted by atomic mass is 35.5. The Labute approximate surface area is 80.0 Å². The highest BCUT2D eigenvalue weighted by Gasteiger charge is 2.02. The molecule has 66 valence electrons. The molecule has 0 N–H and O–H groups in total. The second kappa shape index (κ2) is 4.55. The molecule has 0 radical (unpaired) electrons. The Hall–Kier alpha value is -1.44. The number of carbonyl (C=O) groups excluding carboxylic acids is 2. The number of nitrogens with zero attached hydrogens (tertiary/aromatic N) is 1. The van der Waals surface area contributed by atoms with Crippen LogP contribution in [-0.2, 0) is 4.79 Å². The lowest BCUT2D eigenvalue weighted by Crippen LogP contribution is -1.98. The zero-order valence-corrected chi connectivity index (χ0v) is 7.41. The monoisotopic (exact) mass is 195 g/mol. The standard InChI is InChI=1S/C9H6ClNO2/c10-5-9(13)7-1-3-8(4-2-7)11-6-12/h1-4H,5H2. The van der Waals surface area contributed by atoms with E-state index in [-0.39, 0.29) is 11.7 Å². The van der Waals surface area contributed by atoms with Gasteiger partial charge in [0.05, 0.1) is 11.6 Å². The van der Waals surface area contributed by atoms with Crippen molar-refractivity contribution in [1.82, 2.24) is 0 Å². The molecule has 0 saturated carbocycles. The lowest BCUT2D eigenvalue weighted by Gasteiger charge is -1.95. The predicted octanol–water partition coefficient (Wildman–Crippen LogP) is 2.08. The summed E-state index contributed by atoms with van der Waals surface area (Å²) in [7, 11) is 0. The van der Waals surface area contributed by atoms with Gasteiger partial charge in [-0.1, -0.05) is 0 Å². The molecule has 0 aliphatic carbocycles. The van der Waals surface area contributed by atoms with Gasteiger partial charge < -0.3 is 0 Å². The molecule has 1 aromatic rings. The largest absolute Gasteiger partial charge is 0.293 e. The molecule has 0 atom stereocenters. The summed E-state index contributed by atoms with van der Waals surface area (Å²) >= 11 is 5.35. The molecule has 0 fully saturated rings. The Morgan fingerprint density at radius 1 is 1.38 bits per heavy atom. The molecule has 0 aliphatic rings. The van der Waals surface area contributed by atoms with Crippen molar-refractivity contribution in [1.29, 1.82) is 0 Å². The number of aliphatic imine (C=N–C) groups is 1. The number of rotatable bonds is 3. The molecule has 0 bridgehead atoms. The zero-order valence-electron chi connectivity index (χ0n) is 6.66. The number of hydrogen-bond donors (Lipinski definition) is 0. The van der Waals surface area contributed by atoms with Gasteiger partial charge in [-0.15, -0.1) is 11.6 Å². The number of isocyanates is 1. The fourth-order valence-corrected chi connectivity index (χ4v) is 1.01. The van der Waals surface area contributed by atoms with E-state index in [0.717, 1.165) is 0 Å². The van der Waals surface area contributed by atoms with Crippen molar-refractivity contribution in [2.45, 2.75) is 0 Å². The molecule has 4 heteroatoms. The van der Waals surface area contributed by atoms with Gasteiger partial charge in [-0.3, -0.25) is 4.79 Å². The fourth-order valence-electron chi connectivity index (χ4n) is 0.852. The van der Waals surface area contributed by atoms with Crippen molar-refractivity contribution in [3.8, 4) is 0 Å². The van der Waals surface area contributed by atoms with Gasteiger partial charge in [0.15, 0.2) is 5.78 Å². The minimum absolute atomic E-state index is 0.0453. The normalized spacial score (nSPS) is 9.00. The molecule has 0 saturated heterocycles. The minimum atomic E-state index is -0.150. The van der Waals surface area contributed by atoms with Crippen molar-refractivity contribution < 1.29 is 9.59 Å². The van der Waals surface area contributed by atoms with Gasteiger partial charge in [-0.25, -0.2) is 4.79 Å². The van der Waals surface area contributed by atoms with E-state index in [4.69, 9.17) is 11.6 Å². The van der Waals surface area contributed by atoms with Crippen LogP contribution in [0.4, 0.5) is 5.69 Å². The summed E-state index contributed by atoms with van der Waals surface area (Å²) in [6.07, 6.45) is 1.41. The van der Waals surface area contributed by atoms with E-state index in [1.807, 2.05) is 0 Å². The van der Waals surface area contributed by atoms with E-state index >= 15 is 0 Å². The Balaban J connectivity index is 2.93. The molecule has 0 unspecified atom stereocenters. The van der Waals surface area contributed by atoms with Crippen molar-refractivity contribution in [3.05, 3.63) is 29.8 Å². The van der Waals surface area contributed by atoms with Crippen molar-refractivity contribution in [3.63, 3.8) is 0 Å². The average Bonchev–Trinajstić information content (AvgIpc) is 2.18. The van der Waals surface area contributed by atoms with Crippen LogP contribution in [0.25, 0.3) is 0 Å². The number of alkyl halides is 1. The van der Waals surface area contributed by atoms with Gasteiger partial charge in [0.25, 0.3) is 0 Å². The Kier molecular flexibility index (Phi) is 3.38. The first-order valence-corrected chi connectivity index (χ1v) is 4.08. The number of benzene rings is 1. The lowest BCUT2D eigenvalue weighted by atomic mass is 10.1. The predicted molar refractivity (Wildman–Crippen MR) is 49.3 cm³/mol. The van der Waals surface area contributed by atoms with E-state index in [1.54, 1.807) is 24.3 Å². The Morgan fingerprint density at radius 3 is 2.46 bits per heavy atom. The van der Waals surface area contributed by atoms with Crippen LogP contribution in [0, 0.1) is 0 Å². The van der Waals surface area contributed by atoms with Gasteiger partial charge >= 0.3 is 0 Å². The maximum Gasteiger partial charge on any atom is 0.240 e. The highest BCUT2D eigenvalue weighted by molar-refractivity contribution is 6.30. The number of ketones is 1. The van der Waals surface area contributed by atoms with Crippen LogP contribution in [0.3, 0.4) is 0 Å². The quantitative estimate of drug-likeness (QED) is 0.321. The van der Waals surface area contributed by atoms with Gasteiger partial charge in [0.1, 0.15) is 0 Å². The van der Waals surface area contributed by atoms with E-state index in [0.29, 0.717) is 11.3 Å². The van der Waals surface area contributed by atoms with Gasteiger partial charge in [0, 0.05) is 5.56 Å². The van der Waals surface area contributed by atoms with Crippen LogP contribution < -0.4 is 0 Å². The highest BCUT2D eigenvalue weighted by Crippen LogP contribution is 2.12. The van der Waals surface area contributed by atoms with Crippen molar-refractivity contribution in [2.75, 3.05) is 5.88 Å². The van der Waals surface area contributed by atoms with Crippen LogP contribution in [0.15, 0.2) is 29.3 Å². The fraction of sp³-hybridized carbons (Fsp3) is 0.111. The first-order valence-electron chi connectivity index (χ1n) is 3.55. The Bertz CT molecular complexity index is 352. The third-order valence-corrected chi connectivity index (χ3v) is 1.73. The second-order valence-corrected chi connectivity index (χ2v) is 2.57. The first-order chi connectivity index (χ1) is 6.27. The summed E-state index contributed by atoms with van der Waals surface area (Å²) in [6, 6.07) is 6.26. The smallest absolute Gasteiger partial charge is 0.240 e. The molecule has 0 spiro atoms. The third-order valence-electron chi connectivity index (χ3n) is 1.49. The third kappa shape index (κ3) is 2.51. The number of halogens is 1. The molecule has 0 amide bonds. The van der Waals surface area contributed by atoms with Gasteiger partial charge in [-0.05, 0) is 24.3 Å². The SMILES string of the molecule is O=C=Nc1ccc(C(=O)CCl)cc1. The summed E-state index contributed by atoms with van der Waals surface area (Å²) in [5, 5.41) is 0. The van der Waals surface area contributed by atoms with Crippen LogP contribution >= 0.6 is 11.6 Å². The molecule has 0 aromatic heterocycles. The number of carbonyl (C=O) groups is 1. The van der Waals surface area contributed by atoms with E-state index in [2.05, 4.69) is 4.99 Å². The van der Waals surface area contributed by atoms with Gasteiger partial charge in [-0.2, -0.15) is 4.99 Å². The topological polar surface area (TPSA) is 46.5 Å². The molecular weight excluding hydrogens is 190 g/mol. The van der Waals surface area contributed by atoms with Crippen molar-refractivity contribution in [2.24, 2.45) is 4.99 Å². The van der Waals surface area contributed by atoms with Crippen LogP contribution in [0.1, 0.15) is 10.4 Å². The lowest BCUT2D eigenvalue weighted by molar-refractivity contribution is 0.102. The molecule has 1 rings (SSSR count). The molecule has 0 aliphatic heterocycles. The summed E-state index contributed by atoms with van der Waals surface area (Å²) in [6.45, 7) is 0. The maximum absolute atomic E-state index is 11.0. The summed E-state index contributed by atoms with van der Waals surface area (Å²) in [4.78, 5) is 24.3. The number of hydrogen-bond acceptors (Lipinski definition) is 3. The zero-order chi connectivity index (χ0) is 9.68. The van der Waals surface area contributed by atoms with E-state index in [9.17, 15) is 9.59 Å². The summed E-state index contributed by atoms with van der Waals surface area (Å²) in [5.41, 5.74) is 0.987. The molecule has 13 heavy (non-hydrogen) atoms. The average molecular weight is 196 g/mol. The number of Topliss-reactive ketones (excluding diaryl/α,β-unsaturated/α-hetero) is 1. The summed E-state index contributed by atoms with van der Waals surface area (Å²) in [5.74, 6) is -0.195. The van der Waals surface area contributed by atoms with Crippen molar-refractivity contribution >= 4 is 29.2 Å². The van der Waals surface area contributed by atoms with Crippen LogP contribution in [-0.4, -0.2) is 17.7 Å². The molecule has 3 nitrogen and oxygen atoms in total. The maximum atomic E-state index is 11.0. The first kappa shape index (κ1) is 9.65. The molecule has 0 heterocycles. The minimum Gasteiger partial charge on any atom is -0.293 e. The second-order valence-electron chi connectivity index (χ2n) is 2.31. The van der Waals surface area contributed by atoms with Crippen LogP contribution in [0.5, 0.6) is 0 Å². The summed E-state index contributed by atoms with van der Waals surface area (Å²) < 4.78 is 0. The van der Waals surface area contributed by atoms with Crippen LogP contribution in [0.2, 0.25) is 0 Å². The molecule has 1 aromatic carbocycles.